The average Bonchev–Trinajstić information content (AvgIpc) is 2.82. The lowest BCUT2D eigenvalue weighted by Gasteiger charge is -2.04. The van der Waals surface area contributed by atoms with Crippen molar-refractivity contribution in [2.75, 3.05) is 6.54 Å². The van der Waals surface area contributed by atoms with Crippen LogP contribution in [0.15, 0.2) is 41.8 Å². The van der Waals surface area contributed by atoms with Gasteiger partial charge in [0, 0.05) is 5.56 Å². The lowest BCUT2D eigenvalue weighted by molar-refractivity contribution is 0.309. The number of benzene rings is 1. The van der Waals surface area contributed by atoms with Crippen molar-refractivity contribution in [3.63, 3.8) is 0 Å². The topological polar surface area (TPSA) is 35.2 Å². The highest BCUT2D eigenvalue weighted by molar-refractivity contribution is 7.10. The molecule has 2 N–H and O–H groups in total. The molecule has 0 unspecified atom stereocenters. The van der Waals surface area contributed by atoms with Crippen molar-refractivity contribution in [1.29, 1.82) is 0 Å². The largest absolute Gasteiger partial charge is 0.488 e. The predicted octanol–water partition coefficient (Wildman–Crippen LogP) is 2.64. The third kappa shape index (κ3) is 3.35. The molecule has 0 atom stereocenters. The molecule has 3 heteroatoms. The van der Waals surface area contributed by atoms with E-state index < -0.39 is 0 Å². The molecule has 0 amide bonds. The Morgan fingerprint density at radius 1 is 1.18 bits per heavy atom. The molecule has 0 fully saturated rings. The zero-order valence-electron chi connectivity index (χ0n) is 9.35. The summed E-state index contributed by atoms with van der Waals surface area (Å²) in [5, 5.41) is 2.02. The second-order valence-electron chi connectivity index (χ2n) is 3.37. The summed E-state index contributed by atoms with van der Waals surface area (Å²) in [7, 11) is 0. The number of thiophene rings is 1. The number of rotatable bonds is 3. The molecule has 0 saturated heterocycles. The van der Waals surface area contributed by atoms with Gasteiger partial charge in [0.1, 0.15) is 12.4 Å². The molecule has 2 aromatic rings. The highest BCUT2D eigenvalue weighted by Gasteiger charge is 2.02. The van der Waals surface area contributed by atoms with Crippen LogP contribution >= 0.6 is 11.3 Å². The molecule has 17 heavy (non-hydrogen) atoms. The molecule has 0 saturated carbocycles. The van der Waals surface area contributed by atoms with E-state index in [1.54, 1.807) is 11.3 Å². The van der Waals surface area contributed by atoms with Gasteiger partial charge in [0.2, 0.25) is 0 Å². The van der Waals surface area contributed by atoms with Gasteiger partial charge in [0.25, 0.3) is 0 Å². The van der Waals surface area contributed by atoms with Crippen molar-refractivity contribution in [1.82, 2.24) is 0 Å². The van der Waals surface area contributed by atoms with Crippen LogP contribution < -0.4 is 10.5 Å². The smallest absolute Gasteiger partial charge is 0.124 e. The molecule has 86 valence electrons. The predicted molar refractivity (Wildman–Crippen MR) is 71.0 cm³/mol. The first-order valence-corrected chi connectivity index (χ1v) is 6.21. The Labute approximate surface area is 105 Å². The number of para-hydroxylation sites is 1. The fraction of sp³-hybridized carbons (Fsp3) is 0.143. The molecule has 1 aromatic heterocycles. The van der Waals surface area contributed by atoms with Gasteiger partial charge in [-0.3, -0.25) is 0 Å². The fourth-order valence-corrected chi connectivity index (χ4v) is 2.12. The maximum Gasteiger partial charge on any atom is 0.124 e. The third-order valence-corrected chi connectivity index (χ3v) is 3.08. The van der Waals surface area contributed by atoms with E-state index in [4.69, 9.17) is 10.5 Å². The van der Waals surface area contributed by atoms with Gasteiger partial charge in [-0.1, -0.05) is 30.0 Å². The van der Waals surface area contributed by atoms with Crippen molar-refractivity contribution < 1.29 is 4.74 Å². The van der Waals surface area contributed by atoms with E-state index in [1.165, 1.54) is 0 Å². The van der Waals surface area contributed by atoms with Crippen LogP contribution in [-0.2, 0) is 6.61 Å². The van der Waals surface area contributed by atoms with Crippen LogP contribution in [0.25, 0.3) is 0 Å². The van der Waals surface area contributed by atoms with Crippen LogP contribution in [0.2, 0.25) is 0 Å². The normalized spacial score (nSPS) is 9.47. The van der Waals surface area contributed by atoms with E-state index in [1.807, 2.05) is 41.8 Å². The minimum Gasteiger partial charge on any atom is -0.488 e. The first kappa shape index (κ1) is 11.7. The number of ether oxygens (including phenoxy) is 1. The van der Waals surface area contributed by atoms with Gasteiger partial charge in [-0.2, -0.15) is 0 Å². The maximum atomic E-state index is 5.68. The van der Waals surface area contributed by atoms with Crippen LogP contribution in [0.3, 0.4) is 0 Å². The first-order chi connectivity index (χ1) is 8.40. The summed E-state index contributed by atoms with van der Waals surface area (Å²) < 4.78 is 5.68. The van der Waals surface area contributed by atoms with Crippen molar-refractivity contribution in [2.24, 2.45) is 5.73 Å². The van der Waals surface area contributed by atoms with Crippen molar-refractivity contribution >= 4 is 11.3 Å². The number of nitrogens with two attached hydrogens (primary N) is 1. The quantitative estimate of drug-likeness (QED) is 0.841. The van der Waals surface area contributed by atoms with Gasteiger partial charge >= 0.3 is 0 Å². The zero-order chi connectivity index (χ0) is 11.9. The van der Waals surface area contributed by atoms with Gasteiger partial charge in [-0.25, -0.2) is 0 Å². The molecule has 0 aliphatic rings. The molecule has 1 aromatic carbocycles. The first-order valence-electron chi connectivity index (χ1n) is 5.33. The Kier molecular flexibility index (Phi) is 4.20. The molecular weight excluding hydrogens is 230 g/mol. The lowest BCUT2D eigenvalue weighted by Crippen LogP contribution is -1.96. The average molecular weight is 243 g/mol. The minimum absolute atomic E-state index is 0.384. The van der Waals surface area contributed by atoms with Gasteiger partial charge in [-0.15, -0.1) is 11.3 Å². The third-order valence-electron chi connectivity index (χ3n) is 2.18. The van der Waals surface area contributed by atoms with E-state index in [2.05, 4.69) is 11.8 Å². The Morgan fingerprint density at radius 2 is 2.00 bits per heavy atom. The number of hydrogen-bond donors (Lipinski definition) is 1. The molecule has 0 bridgehead atoms. The van der Waals surface area contributed by atoms with Crippen LogP contribution in [0.4, 0.5) is 0 Å². The van der Waals surface area contributed by atoms with Gasteiger partial charge in [-0.05, 0) is 23.6 Å². The maximum absolute atomic E-state index is 5.68. The molecule has 1 heterocycles. The van der Waals surface area contributed by atoms with E-state index >= 15 is 0 Å². The van der Waals surface area contributed by atoms with E-state index in [0.717, 1.165) is 16.2 Å². The van der Waals surface area contributed by atoms with Gasteiger partial charge in [0.15, 0.2) is 0 Å². The Bertz CT molecular complexity index is 522. The zero-order valence-corrected chi connectivity index (χ0v) is 10.2. The molecule has 0 radical (unpaired) electrons. The van der Waals surface area contributed by atoms with E-state index in [-0.39, 0.29) is 0 Å². The molecule has 0 aliphatic heterocycles. The Morgan fingerprint density at radius 3 is 2.76 bits per heavy atom. The minimum atomic E-state index is 0.384. The molecule has 0 spiro atoms. The van der Waals surface area contributed by atoms with Crippen molar-refractivity contribution in [3.05, 3.63) is 52.2 Å². The summed E-state index contributed by atoms with van der Waals surface area (Å²) in [5.74, 6) is 6.78. The summed E-state index contributed by atoms with van der Waals surface area (Å²) in [5.41, 5.74) is 6.37. The monoisotopic (exact) mass is 243 g/mol. The summed E-state index contributed by atoms with van der Waals surface area (Å²) in [4.78, 5) is 1.13. The Balaban J connectivity index is 2.02. The number of hydrogen-bond acceptors (Lipinski definition) is 3. The molecule has 0 aliphatic carbocycles. The summed E-state index contributed by atoms with van der Waals surface area (Å²) >= 11 is 1.65. The highest BCUT2D eigenvalue weighted by Crippen LogP contribution is 2.19. The summed E-state index contributed by atoms with van der Waals surface area (Å²) in [6, 6.07) is 11.8. The lowest BCUT2D eigenvalue weighted by atomic mass is 10.2. The van der Waals surface area contributed by atoms with Crippen molar-refractivity contribution in [3.8, 4) is 17.6 Å². The second-order valence-corrected chi connectivity index (χ2v) is 4.37. The van der Waals surface area contributed by atoms with E-state index in [9.17, 15) is 0 Å². The van der Waals surface area contributed by atoms with E-state index in [0.29, 0.717) is 13.2 Å². The fourth-order valence-electron chi connectivity index (χ4n) is 1.38. The van der Waals surface area contributed by atoms with Crippen LogP contribution in [0.1, 0.15) is 10.4 Å². The molecule has 2 rings (SSSR count). The van der Waals surface area contributed by atoms with Crippen LogP contribution in [0, 0.1) is 11.8 Å². The Hall–Kier alpha value is -1.76. The van der Waals surface area contributed by atoms with Gasteiger partial charge < -0.3 is 10.5 Å². The molecular formula is C14H13NOS. The standard InChI is InChI=1S/C14H13NOS/c15-9-4-5-12-8-10-17-14(12)11-16-13-6-2-1-3-7-13/h1-3,6-8,10H,9,11,15H2. The van der Waals surface area contributed by atoms with Crippen LogP contribution in [-0.4, -0.2) is 6.54 Å². The van der Waals surface area contributed by atoms with Crippen LogP contribution in [0.5, 0.6) is 5.75 Å². The molecule has 2 nitrogen and oxygen atoms in total. The summed E-state index contributed by atoms with van der Waals surface area (Å²) in [6.07, 6.45) is 0. The summed E-state index contributed by atoms with van der Waals surface area (Å²) in [6.45, 7) is 0.936. The van der Waals surface area contributed by atoms with Gasteiger partial charge in [0.05, 0.1) is 11.4 Å². The second kappa shape index (κ2) is 6.09. The SMILES string of the molecule is NCC#Cc1ccsc1COc1ccccc1. The van der Waals surface area contributed by atoms with Crippen molar-refractivity contribution in [2.45, 2.75) is 6.61 Å². The highest BCUT2D eigenvalue weighted by atomic mass is 32.1.